The second kappa shape index (κ2) is 7.84. The summed E-state index contributed by atoms with van der Waals surface area (Å²) < 4.78 is 0. The van der Waals surface area contributed by atoms with Crippen LogP contribution in [0.1, 0.15) is 34.5 Å². The number of nitrogens with zero attached hydrogens (tertiary/aromatic N) is 2. The van der Waals surface area contributed by atoms with Gasteiger partial charge in [-0.15, -0.1) is 23.1 Å². The standard InChI is InChI=1S/C17H21N3OS2/c1-22-14-7-10-23-16(14)17(21)19-12-13-5-6-15(18-11-13)20-8-3-2-4-9-20/h5-7,10-11H,2-4,8-9,12H2,1H3,(H,19,21). The minimum atomic E-state index is -0.00976. The molecule has 0 saturated carbocycles. The molecule has 1 N–H and O–H groups in total. The number of thiophene rings is 1. The van der Waals surface area contributed by atoms with E-state index in [1.54, 1.807) is 11.8 Å². The average molecular weight is 348 g/mol. The Labute approximate surface area is 145 Å². The number of rotatable bonds is 5. The van der Waals surface area contributed by atoms with Gasteiger partial charge in [0.15, 0.2) is 0 Å². The van der Waals surface area contributed by atoms with Crippen LogP contribution in [-0.4, -0.2) is 30.2 Å². The molecule has 1 aliphatic heterocycles. The summed E-state index contributed by atoms with van der Waals surface area (Å²) in [6.45, 7) is 2.70. The van der Waals surface area contributed by atoms with E-state index in [-0.39, 0.29) is 5.91 Å². The molecule has 1 fully saturated rings. The Kier molecular flexibility index (Phi) is 5.56. The van der Waals surface area contributed by atoms with Crippen LogP contribution in [0.15, 0.2) is 34.7 Å². The number of carbonyl (C=O) groups excluding carboxylic acids is 1. The zero-order chi connectivity index (χ0) is 16.1. The van der Waals surface area contributed by atoms with E-state index in [4.69, 9.17) is 0 Å². The largest absolute Gasteiger partial charge is 0.357 e. The van der Waals surface area contributed by atoms with Crippen LogP contribution in [0.3, 0.4) is 0 Å². The van der Waals surface area contributed by atoms with Crippen molar-refractivity contribution in [1.29, 1.82) is 0 Å². The number of hydrogen-bond acceptors (Lipinski definition) is 5. The molecular weight excluding hydrogens is 326 g/mol. The lowest BCUT2D eigenvalue weighted by molar-refractivity contribution is 0.0952. The molecule has 2 aromatic heterocycles. The lowest BCUT2D eigenvalue weighted by Crippen LogP contribution is -2.30. The molecule has 0 aliphatic carbocycles. The summed E-state index contributed by atoms with van der Waals surface area (Å²) >= 11 is 3.08. The quantitative estimate of drug-likeness (QED) is 0.836. The Morgan fingerprint density at radius 1 is 1.30 bits per heavy atom. The second-order valence-electron chi connectivity index (χ2n) is 5.57. The van der Waals surface area contributed by atoms with Gasteiger partial charge in [0.25, 0.3) is 5.91 Å². The van der Waals surface area contributed by atoms with Gasteiger partial charge >= 0.3 is 0 Å². The van der Waals surface area contributed by atoms with Crippen molar-refractivity contribution < 1.29 is 4.79 Å². The Morgan fingerprint density at radius 3 is 2.83 bits per heavy atom. The lowest BCUT2D eigenvalue weighted by atomic mass is 10.1. The SMILES string of the molecule is CSc1ccsc1C(=O)NCc1ccc(N2CCCCC2)nc1. The van der Waals surface area contributed by atoms with Crippen molar-refractivity contribution in [3.05, 3.63) is 40.2 Å². The summed E-state index contributed by atoms with van der Waals surface area (Å²) in [5, 5.41) is 4.93. The maximum atomic E-state index is 12.2. The molecule has 23 heavy (non-hydrogen) atoms. The molecule has 2 aromatic rings. The smallest absolute Gasteiger partial charge is 0.262 e. The molecule has 1 aliphatic rings. The molecule has 0 atom stereocenters. The third-order valence-electron chi connectivity index (χ3n) is 4.00. The number of pyridine rings is 1. The van der Waals surface area contributed by atoms with Gasteiger partial charge in [-0.05, 0) is 48.6 Å². The van der Waals surface area contributed by atoms with Crippen molar-refractivity contribution in [2.24, 2.45) is 0 Å². The number of carbonyl (C=O) groups is 1. The van der Waals surface area contributed by atoms with Crippen molar-refractivity contribution in [2.75, 3.05) is 24.2 Å². The normalized spacial score (nSPS) is 14.7. The molecule has 0 unspecified atom stereocenters. The van der Waals surface area contributed by atoms with E-state index in [0.717, 1.165) is 34.2 Å². The maximum absolute atomic E-state index is 12.2. The van der Waals surface area contributed by atoms with Crippen LogP contribution in [0.2, 0.25) is 0 Å². The highest BCUT2D eigenvalue weighted by Crippen LogP contribution is 2.25. The number of aromatic nitrogens is 1. The molecule has 4 nitrogen and oxygen atoms in total. The molecular formula is C17H21N3OS2. The first-order chi connectivity index (χ1) is 11.3. The fraction of sp³-hybridized carbons (Fsp3) is 0.412. The Balaban J connectivity index is 1.57. The Morgan fingerprint density at radius 2 is 2.13 bits per heavy atom. The molecule has 122 valence electrons. The number of anilines is 1. The van der Waals surface area contributed by atoms with Crippen molar-refractivity contribution >= 4 is 34.8 Å². The highest BCUT2D eigenvalue weighted by atomic mass is 32.2. The van der Waals surface area contributed by atoms with E-state index in [1.165, 1.54) is 30.6 Å². The first-order valence-electron chi connectivity index (χ1n) is 7.87. The van der Waals surface area contributed by atoms with Crippen molar-refractivity contribution in [1.82, 2.24) is 10.3 Å². The van der Waals surface area contributed by atoms with E-state index in [0.29, 0.717) is 6.54 Å². The third-order valence-corrected chi connectivity index (χ3v) is 5.82. The van der Waals surface area contributed by atoms with Gasteiger partial charge in [-0.2, -0.15) is 0 Å². The topological polar surface area (TPSA) is 45.2 Å². The van der Waals surface area contributed by atoms with Gasteiger partial charge in [0.05, 0.1) is 0 Å². The summed E-state index contributed by atoms with van der Waals surface area (Å²) in [5.74, 6) is 1.03. The molecule has 3 heterocycles. The Bertz CT molecular complexity index is 648. The molecule has 3 rings (SSSR count). The monoisotopic (exact) mass is 347 g/mol. The minimum Gasteiger partial charge on any atom is -0.357 e. The molecule has 6 heteroatoms. The van der Waals surface area contributed by atoms with Crippen molar-refractivity contribution in [2.45, 2.75) is 30.7 Å². The molecule has 1 saturated heterocycles. The molecule has 0 radical (unpaired) electrons. The van der Waals surface area contributed by atoms with E-state index in [1.807, 2.05) is 23.9 Å². The van der Waals surface area contributed by atoms with Gasteiger partial charge in [0, 0.05) is 30.7 Å². The van der Waals surface area contributed by atoms with Gasteiger partial charge in [-0.1, -0.05) is 6.07 Å². The average Bonchev–Trinajstić information content (AvgIpc) is 3.10. The van der Waals surface area contributed by atoms with Crippen LogP contribution in [0.25, 0.3) is 0 Å². The number of thioether (sulfide) groups is 1. The summed E-state index contributed by atoms with van der Waals surface area (Å²) in [7, 11) is 0. The van der Waals surface area contributed by atoms with Crippen LogP contribution in [0.5, 0.6) is 0 Å². The summed E-state index contributed by atoms with van der Waals surface area (Å²) in [6.07, 6.45) is 7.67. The van der Waals surface area contributed by atoms with E-state index in [2.05, 4.69) is 27.3 Å². The highest BCUT2D eigenvalue weighted by Gasteiger charge is 2.13. The van der Waals surface area contributed by atoms with Crippen LogP contribution in [-0.2, 0) is 6.54 Å². The van der Waals surface area contributed by atoms with Crippen LogP contribution in [0, 0.1) is 0 Å². The predicted octanol–water partition coefficient (Wildman–Crippen LogP) is 3.79. The van der Waals surface area contributed by atoms with Crippen molar-refractivity contribution in [3.8, 4) is 0 Å². The number of piperidine rings is 1. The fourth-order valence-corrected chi connectivity index (χ4v) is 4.38. The van der Waals surface area contributed by atoms with Crippen LogP contribution < -0.4 is 10.2 Å². The fourth-order valence-electron chi connectivity index (χ4n) is 2.72. The molecule has 0 aromatic carbocycles. The van der Waals surface area contributed by atoms with Gasteiger partial charge in [0.2, 0.25) is 0 Å². The maximum Gasteiger partial charge on any atom is 0.262 e. The second-order valence-corrected chi connectivity index (χ2v) is 7.34. The first kappa shape index (κ1) is 16.3. The van der Waals surface area contributed by atoms with Gasteiger partial charge in [-0.3, -0.25) is 4.79 Å². The lowest BCUT2D eigenvalue weighted by Gasteiger charge is -2.27. The summed E-state index contributed by atoms with van der Waals surface area (Å²) in [5.41, 5.74) is 1.03. The number of amides is 1. The van der Waals surface area contributed by atoms with E-state index >= 15 is 0 Å². The molecule has 0 bridgehead atoms. The zero-order valence-electron chi connectivity index (χ0n) is 13.2. The van der Waals surface area contributed by atoms with Crippen LogP contribution >= 0.6 is 23.1 Å². The third kappa shape index (κ3) is 4.06. The minimum absolute atomic E-state index is 0.00976. The van der Waals surface area contributed by atoms with E-state index in [9.17, 15) is 4.79 Å². The van der Waals surface area contributed by atoms with Gasteiger partial charge in [0.1, 0.15) is 10.7 Å². The van der Waals surface area contributed by atoms with Gasteiger partial charge in [-0.25, -0.2) is 4.98 Å². The predicted molar refractivity (Wildman–Crippen MR) is 97.6 cm³/mol. The summed E-state index contributed by atoms with van der Waals surface area (Å²) in [4.78, 5) is 20.9. The summed E-state index contributed by atoms with van der Waals surface area (Å²) in [6, 6.07) is 6.10. The van der Waals surface area contributed by atoms with Crippen molar-refractivity contribution in [3.63, 3.8) is 0 Å². The zero-order valence-corrected chi connectivity index (χ0v) is 14.9. The molecule has 0 spiro atoms. The van der Waals surface area contributed by atoms with E-state index < -0.39 is 0 Å². The van der Waals surface area contributed by atoms with Gasteiger partial charge < -0.3 is 10.2 Å². The van der Waals surface area contributed by atoms with Crippen LogP contribution in [0.4, 0.5) is 5.82 Å². The number of hydrogen-bond donors (Lipinski definition) is 1. The highest BCUT2D eigenvalue weighted by molar-refractivity contribution is 7.98. The first-order valence-corrected chi connectivity index (χ1v) is 9.98. The molecule has 1 amide bonds. The number of nitrogens with one attached hydrogen (secondary N) is 1. The Hall–Kier alpha value is -1.53.